The molecule has 2 amide bonds. The highest BCUT2D eigenvalue weighted by molar-refractivity contribution is 6.40. The van der Waals surface area contributed by atoms with Gasteiger partial charge in [0.2, 0.25) is 5.76 Å². The summed E-state index contributed by atoms with van der Waals surface area (Å²) in [4.78, 5) is 36.1. The van der Waals surface area contributed by atoms with Gasteiger partial charge in [0.15, 0.2) is 0 Å². The van der Waals surface area contributed by atoms with Gasteiger partial charge in [-0.2, -0.15) is 5.10 Å². The molecule has 8 nitrogen and oxygen atoms in total. The molecule has 0 unspecified atom stereocenters. The van der Waals surface area contributed by atoms with Crippen LogP contribution in [0.25, 0.3) is 10.8 Å². The Balaban J connectivity index is 1.31. The maximum atomic E-state index is 12.2. The number of fused-ring (bicyclic) bond motifs is 1. The van der Waals surface area contributed by atoms with Gasteiger partial charge >= 0.3 is 17.8 Å². The summed E-state index contributed by atoms with van der Waals surface area (Å²) in [5.41, 5.74) is 3.34. The first-order chi connectivity index (χ1) is 15.6. The molecule has 0 atom stereocenters. The number of hydrogen-bond acceptors (Lipinski definition) is 6. The summed E-state index contributed by atoms with van der Waals surface area (Å²) in [5, 5.41) is 8.15. The maximum absolute atomic E-state index is 12.2. The van der Waals surface area contributed by atoms with Gasteiger partial charge in [-0.15, -0.1) is 0 Å². The minimum absolute atomic E-state index is 0.0973. The third kappa shape index (κ3) is 4.88. The molecule has 3 aromatic carbocycles. The Kier molecular flexibility index (Phi) is 6.03. The Hall–Kier alpha value is -4.72. The Morgan fingerprint density at radius 2 is 1.62 bits per heavy atom. The number of hydrogen-bond donors (Lipinski definition) is 2. The van der Waals surface area contributed by atoms with Crippen molar-refractivity contribution in [3.05, 3.63) is 96.4 Å². The molecule has 4 aromatic rings. The molecule has 32 heavy (non-hydrogen) atoms. The highest BCUT2D eigenvalue weighted by Gasteiger charge is 2.14. The zero-order chi connectivity index (χ0) is 22.3. The molecular formula is C24H17N3O5. The summed E-state index contributed by atoms with van der Waals surface area (Å²) in [6, 6.07) is 22.4. The van der Waals surface area contributed by atoms with Gasteiger partial charge in [-0.3, -0.25) is 9.59 Å². The first-order valence-corrected chi connectivity index (χ1v) is 9.58. The molecule has 8 heteroatoms. The molecule has 0 aliphatic rings. The molecule has 0 radical (unpaired) electrons. The highest BCUT2D eigenvalue weighted by Crippen LogP contribution is 2.22. The molecule has 0 bridgehead atoms. The van der Waals surface area contributed by atoms with E-state index in [1.54, 1.807) is 42.5 Å². The summed E-state index contributed by atoms with van der Waals surface area (Å²) in [6.45, 7) is 0. The average molecular weight is 427 g/mol. The van der Waals surface area contributed by atoms with E-state index in [0.717, 1.165) is 10.8 Å². The molecule has 0 aliphatic carbocycles. The maximum Gasteiger partial charge on any atom is 0.379 e. The molecule has 158 valence electrons. The minimum Gasteiger partial charge on any atom is -0.457 e. The van der Waals surface area contributed by atoms with Gasteiger partial charge in [0.05, 0.1) is 12.5 Å². The van der Waals surface area contributed by atoms with Crippen molar-refractivity contribution in [2.75, 3.05) is 5.32 Å². The van der Waals surface area contributed by atoms with Crippen molar-refractivity contribution in [1.82, 2.24) is 5.43 Å². The number of esters is 1. The van der Waals surface area contributed by atoms with Crippen LogP contribution >= 0.6 is 0 Å². The Bertz CT molecular complexity index is 1290. The summed E-state index contributed by atoms with van der Waals surface area (Å²) >= 11 is 0. The van der Waals surface area contributed by atoms with Crippen molar-refractivity contribution in [3.63, 3.8) is 0 Å². The number of rotatable bonds is 5. The molecule has 0 aliphatic heterocycles. The van der Waals surface area contributed by atoms with E-state index in [1.807, 2.05) is 30.3 Å². The zero-order valence-electron chi connectivity index (χ0n) is 16.6. The average Bonchev–Trinajstić information content (AvgIpc) is 3.36. The molecule has 0 saturated heterocycles. The molecular weight excluding hydrogens is 410 g/mol. The van der Waals surface area contributed by atoms with Crippen LogP contribution in [-0.2, 0) is 9.59 Å². The van der Waals surface area contributed by atoms with Crippen LogP contribution in [0.2, 0.25) is 0 Å². The third-order valence-electron chi connectivity index (χ3n) is 4.44. The predicted molar refractivity (Wildman–Crippen MR) is 118 cm³/mol. The lowest BCUT2D eigenvalue weighted by molar-refractivity contribution is -0.136. The van der Waals surface area contributed by atoms with Crippen LogP contribution in [0.5, 0.6) is 5.75 Å². The topological polar surface area (TPSA) is 110 Å². The van der Waals surface area contributed by atoms with Crippen LogP contribution in [0.4, 0.5) is 5.69 Å². The molecule has 0 spiro atoms. The standard InChI is InChI=1S/C24H17N3O5/c28-22(26-20-8-3-6-17-5-1-2-7-19(17)20)23(29)27-25-15-16-10-12-18(13-11-16)32-24(30)21-9-4-14-31-21/h1-15H,(H,26,28)(H,27,29)/b25-15-. The number of benzene rings is 3. The second kappa shape index (κ2) is 9.40. The van der Waals surface area contributed by atoms with Crippen molar-refractivity contribution >= 4 is 40.5 Å². The van der Waals surface area contributed by atoms with Gasteiger partial charge in [0, 0.05) is 11.1 Å². The largest absolute Gasteiger partial charge is 0.457 e. The lowest BCUT2D eigenvalue weighted by Crippen LogP contribution is -2.32. The fourth-order valence-electron chi connectivity index (χ4n) is 2.90. The quantitative estimate of drug-likeness (QED) is 0.166. The Morgan fingerprint density at radius 3 is 2.41 bits per heavy atom. The van der Waals surface area contributed by atoms with E-state index in [1.165, 1.54) is 18.5 Å². The van der Waals surface area contributed by atoms with Crippen LogP contribution in [0.3, 0.4) is 0 Å². The van der Waals surface area contributed by atoms with Gasteiger partial charge in [0.25, 0.3) is 0 Å². The van der Waals surface area contributed by atoms with E-state index in [9.17, 15) is 14.4 Å². The first-order valence-electron chi connectivity index (χ1n) is 9.58. The van der Waals surface area contributed by atoms with Crippen LogP contribution < -0.4 is 15.5 Å². The molecule has 2 N–H and O–H groups in total. The number of hydrazone groups is 1. The van der Waals surface area contributed by atoms with Gasteiger partial charge in [0.1, 0.15) is 5.75 Å². The van der Waals surface area contributed by atoms with Gasteiger partial charge in [-0.1, -0.05) is 36.4 Å². The van der Waals surface area contributed by atoms with Crippen LogP contribution in [0.1, 0.15) is 16.1 Å². The Labute approximate surface area is 182 Å². The van der Waals surface area contributed by atoms with Crippen LogP contribution in [0.15, 0.2) is 94.6 Å². The summed E-state index contributed by atoms with van der Waals surface area (Å²) < 4.78 is 10.2. The van der Waals surface area contributed by atoms with E-state index in [4.69, 9.17) is 9.15 Å². The number of amides is 2. The van der Waals surface area contributed by atoms with E-state index >= 15 is 0 Å². The lowest BCUT2D eigenvalue weighted by Gasteiger charge is -2.07. The molecule has 0 fully saturated rings. The van der Waals surface area contributed by atoms with Crippen molar-refractivity contribution < 1.29 is 23.5 Å². The highest BCUT2D eigenvalue weighted by atomic mass is 16.5. The normalized spacial score (nSPS) is 10.8. The number of carbonyl (C=O) groups excluding carboxylic acids is 3. The monoisotopic (exact) mass is 427 g/mol. The van der Waals surface area contributed by atoms with Crippen LogP contribution in [-0.4, -0.2) is 24.0 Å². The lowest BCUT2D eigenvalue weighted by atomic mass is 10.1. The molecule has 1 aromatic heterocycles. The van der Waals surface area contributed by atoms with E-state index in [2.05, 4.69) is 15.8 Å². The summed E-state index contributed by atoms with van der Waals surface area (Å²) in [7, 11) is 0. The molecule has 0 saturated carbocycles. The first kappa shape index (κ1) is 20.5. The summed E-state index contributed by atoms with van der Waals surface area (Å²) in [5.74, 6) is -1.93. The summed E-state index contributed by atoms with van der Waals surface area (Å²) in [6.07, 6.45) is 2.74. The van der Waals surface area contributed by atoms with E-state index in [-0.39, 0.29) is 5.76 Å². The zero-order valence-corrected chi connectivity index (χ0v) is 16.6. The fraction of sp³-hybridized carbons (Fsp3) is 0. The SMILES string of the molecule is O=C(N/N=C\c1ccc(OC(=O)c2ccco2)cc1)C(=O)Nc1cccc2ccccc12. The second-order valence-electron chi connectivity index (χ2n) is 6.62. The van der Waals surface area contributed by atoms with Gasteiger partial charge in [-0.25, -0.2) is 10.2 Å². The Morgan fingerprint density at radius 1 is 0.844 bits per heavy atom. The molecule has 4 rings (SSSR count). The smallest absolute Gasteiger partial charge is 0.379 e. The number of nitrogens with zero attached hydrogens (tertiary/aromatic N) is 1. The number of ether oxygens (including phenoxy) is 1. The van der Waals surface area contributed by atoms with E-state index < -0.39 is 17.8 Å². The fourth-order valence-corrected chi connectivity index (χ4v) is 2.90. The number of anilines is 1. The number of carbonyl (C=O) groups is 3. The van der Waals surface area contributed by atoms with Gasteiger partial charge in [-0.05, 0) is 53.4 Å². The minimum atomic E-state index is -0.904. The molecule has 1 heterocycles. The predicted octanol–water partition coefficient (Wildman–Crippen LogP) is 3.74. The van der Waals surface area contributed by atoms with Crippen molar-refractivity contribution in [1.29, 1.82) is 0 Å². The van der Waals surface area contributed by atoms with Gasteiger partial charge < -0.3 is 14.5 Å². The van der Waals surface area contributed by atoms with Crippen molar-refractivity contribution in [2.24, 2.45) is 5.10 Å². The van der Waals surface area contributed by atoms with E-state index in [0.29, 0.717) is 17.0 Å². The second-order valence-corrected chi connectivity index (χ2v) is 6.62. The third-order valence-corrected chi connectivity index (χ3v) is 4.44. The van der Waals surface area contributed by atoms with Crippen molar-refractivity contribution in [3.8, 4) is 5.75 Å². The van der Waals surface area contributed by atoms with Crippen LogP contribution in [0, 0.1) is 0 Å². The number of nitrogens with one attached hydrogen (secondary N) is 2. The number of furan rings is 1. The van der Waals surface area contributed by atoms with Crippen molar-refractivity contribution in [2.45, 2.75) is 0 Å².